The molecule has 0 saturated heterocycles. The molecule has 5 heteroatoms. The molecule has 0 unspecified atom stereocenters. The van der Waals surface area contributed by atoms with E-state index in [-0.39, 0.29) is 11.6 Å². The maximum Gasteiger partial charge on any atom is 0.353 e. The van der Waals surface area contributed by atoms with Gasteiger partial charge in [0.2, 0.25) is 0 Å². The van der Waals surface area contributed by atoms with Crippen LogP contribution in [-0.2, 0) is 14.4 Å². The summed E-state index contributed by atoms with van der Waals surface area (Å²) < 4.78 is 0. The van der Waals surface area contributed by atoms with Crippen LogP contribution in [0.15, 0.2) is 5.16 Å². The Kier molecular flexibility index (Phi) is 2.46. The zero-order chi connectivity index (χ0) is 10.9. The molecule has 15 heavy (non-hydrogen) atoms. The van der Waals surface area contributed by atoms with Crippen molar-refractivity contribution < 1.29 is 19.5 Å². The fourth-order valence-electron chi connectivity index (χ4n) is 2.21. The third-order valence-electron chi connectivity index (χ3n) is 3.22. The van der Waals surface area contributed by atoms with Gasteiger partial charge in [-0.15, -0.1) is 0 Å². The third kappa shape index (κ3) is 1.86. The summed E-state index contributed by atoms with van der Waals surface area (Å²) in [4.78, 5) is 26.5. The minimum absolute atomic E-state index is 0.0968. The molecule has 0 aromatic heterocycles. The lowest BCUT2D eigenvalue weighted by Crippen LogP contribution is -2.35. The smallest absolute Gasteiger partial charge is 0.353 e. The first-order chi connectivity index (χ1) is 7.15. The van der Waals surface area contributed by atoms with E-state index in [2.05, 4.69) is 5.16 Å². The highest BCUT2D eigenvalue weighted by molar-refractivity contribution is 6.36. The van der Waals surface area contributed by atoms with E-state index in [1.165, 1.54) is 0 Å². The molecular formula is C10H13NO4. The minimum atomic E-state index is -1.01. The lowest BCUT2D eigenvalue weighted by Gasteiger charge is -2.32. The number of carboxylic acid groups (broad SMARTS) is 1. The predicted molar refractivity (Wildman–Crippen MR) is 51.5 cm³/mol. The van der Waals surface area contributed by atoms with Crippen molar-refractivity contribution in [2.24, 2.45) is 11.1 Å². The maximum absolute atomic E-state index is 10.7. The Morgan fingerprint density at radius 1 is 1.53 bits per heavy atom. The van der Waals surface area contributed by atoms with E-state index in [0.717, 1.165) is 32.0 Å². The van der Waals surface area contributed by atoms with Crippen LogP contribution in [0, 0.1) is 5.92 Å². The summed E-state index contributed by atoms with van der Waals surface area (Å²) in [5.41, 5.74) is -0.340. The summed E-state index contributed by atoms with van der Waals surface area (Å²) in [5.74, 6) is -0.905. The van der Waals surface area contributed by atoms with Gasteiger partial charge in [-0.25, -0.2) is 4.79 Å². The number of hydrogen-bond donors (Lipinski definition) is 1. The second kappa shape index (κ2) is 3.64. The molecule has 0 bridgehead atoms. The van der Waals surface area contributed by atoms with Crippen LogP contribution in [0.4, 0.5) is 0 Å². The minimum Gasteiger partial charge on any atom is -0.477 e. The molecule has 0 aromatic rings. The number of carboxylic acids is 1. The lowest BCUT2D eigenvalue weighted by molar-refractivity contribution is -0.129. The molecule has 2 rings (SSSR count). The summed E-state index contributed by atoms with van der Waals surface area (Å²) in [5, 5.41) is 12.4. The van der Waals surface area contributed by atoms with Crippen molar-refractivity contribution in [1.29, 1.82) is 0 Å². The van der Waals surface area contributed by atoms with Gasteiger partial charge in [0.1, 0.15) is 11.9 Å². The molecule has 1 heterocycles. The second-order valence-electron chi connectivity index (χ2n) is 4.27. The van der Waals surface area contributed by atoms with Gasteiger partial charge in [0.05, 0.1) is 0 Å². The van der Waals surface area contributed by atoms with Crippen molar-refractivity contribution in [1.82, 2.24) is 0 Å². The van der Waals surface area contributed by atoms with Crippen LogP contribution in [0.2, 0.25) is 0 Å². The van der Waals surface area contributed by atoms with E-state index in [9.17, 15) is 9.59 Å². The Labute approximate surface area is 87.1 Å². The van der Waals surface area contributed by atoms with Crippen molar-refractivity contribution in [2.75, 3.05) is 0 Å². The normalized spacial score (nSPS) is 34.7. The van der Waals surface area contributed by atoms with Crippen LogP contribution in [0.3, 0.4) is 0 Å². The summed E-state index contributed by atoms with van der Waals surface area (Å²) >= 11 is 0. The highest BCUT2D eigenvalue weighted by Crippen LogP contribution is 2.39. The van der Waals surface area contributed by atoms with Gasteiger partial charge in [-0.1, -0.05) is 5.16 Å². The number of carbonyl (C=O) groups is 2. The van der Waals surface area contributed by atoms with Crippen LogP contribution < -0.4 is 0 Å². The van der Waals surface area contributed by atoms with E-state index in [1.54, 1.807) is 0 Å². The molecule has 2 aliphatic rings. The Morgan fingerprint density at radius 3 is 2.67 bits per heavy atom. The fourth-order valence-corrected chi connectivity index (χ4v) is 2.21. The summed E-state index contributed by atoms with van der Waals surface area (Å²) in [6.07, 6.45) is 4.32. The number of aliphatic carboxylic acids is 1. The average molecular weight is 211 g/mol. The molecule has 1 aliphatic carbocycles. The Morgan fingerprint density at radius 2 is 2.20 bits per heavy atom. The zero-order valence-electron chi connectivity index (χ0n) is 8.31. The molecule has 1 spiro atoms. The van der Waals surface area contributed by atoms with Gasteiger partial charge in [0, 0.05) is 12.3 Å². The summed E-state index contributed by atoms with van der Waals surface area (Å²) in [6.45, 7) is 0. The molecule has 1 fully saturated rings. The lowest BCUT2D eigenvalue weighted by atomic mass is 9.77. The third-order valence-corrected chi connectivity index (χ3v) is 3.22. The molecule has 5 nitrogen and oxygen atoms in total. The van der Waals surface area contributed by atoms with Crippen molar-refractivity contribution in [3.05, 3.63) is 0 Å². The Bertz CT molecular complexity index is 315. The Balaban J connectivity index is 1.97. The van der Waals surface area contributed by atoms with Gasteiger partial charge < -0.3 is 14.7 Å². The van der Waals surface area contributed by atoms with Gasteiger partial charge >= 0.3 is 5.97 Å². The quantitative estimate of drug-likeness (QED) is 0.690. The first-order valence-corrected chi connectivity index (χ1v) is 5.09. The largest absolute Gasteiger partial charge is 0.477 e. The molecule has 0 radical (unpaired) electrons. The standard InChI is InChI=1S/C10H13NO4/c12-6-7-1-3-10(4-2-7)5-8(9(13)14)11-15-10/h6-7H,1-5H2,(H,13,14). The number of nitrogens with zero attached hydrogens (tertiary/aromatic N) is 1. The zero-order valence-corrected chi connectivity index (χ0v) is 8.31. The van der Waals surface area contributed by atoms with Crippen molar-refractivity contribution in [3.8, 4) is 0 Å². The maximum atomic E-state index is 10.7. The van der Waals surface area contributed by atoms with E-state index >= 15 is 0 Å². The molecular weight excluding hydrogens is 198 g/mol. The monoisotopic (exact) mass is 211 g/mol. The van der Waals surface area contributed by atoms with Gasteiger partial charge in [-0.3, -0.25) is 0 Å². The topological polar surface area (TPSA) is 76.0 Å². The van der Waals surface area contributed by atoms with E-state index in [0.29, 0.717) is 6.42 Å². The van der Waals surface area contributed by atoms with Gasteiger partial charge in [-0.05, 0) is 25.7 Å². The van der Waals surface area contributed by atoms with Crippen molar-refractivity contribution >= 4 is 18.0 Å². The molecule has 1 N–H and O–H groups in total. The van der Waals surface area contributed by atoms with Gasteiger partial charge in [0.25, 0.3) is 0 Å². The number of aldehydes is 1. The van der Waals surface area contributed by atoms with E-state index in [1.807, 2.05) is 0 Å². The first kappa shape index (κ1) is 10.1. The summed E-state index contributed by atoms with van der Waals surface area (Å²) in [6, 6.07) is 0. The van der Waals surface area contributed by atoms with E-state index < -0.39 is 11.6 Å². The van der Waals surface area contributed by atoms with E-state index in [4.69, 9.17) is 9.94 Å². The number of rotatable bonds is 2. The molecule has 1 saturated carbocycles. The highest BCUT2D eigenvalue weighted by atomic mass is 16.7. The fraction of sp³-hybridized carbons (Fsp3) is 0.700. The average Bonchev–Trinajstić information content (AvgIpc) is 2.64. The Hall–Kier alpha value is -1.39. The molecule has 0 amide bonds. The highest BCUT2D eigenvalue weighted by Gasteiger charge is 2.43. The summed E-state index contributed by atoms with van der Waals surface area (Å²) in [7, 11) is 0. The second-order valence-corrected chi connectivity index (χ2v) is 4.27. The van der Waals surface area contributed by atoms with Crippen LogP contribution in [-0.4, -0.2) is 28.7 Å². The van der Waals surface area contributed by atoms with Gasteiger partial charge in [0.15, 0.2) is 5.71 Å². The van der Waals surface area contributed by atoms with Gasteiger partial charge in [-0.2, -0.15) is 0 Å². The van der Waals surface area contributed by atoms with Crippen molar-refractivity contribution in [3.63, 3.8) is 0 Å². The molecule has 1 aliphatic heterocycles. The number of carbonyl (C=O) groups excluding carboxylic acids is 1. The van der Waals surface area contributed by atoms with Crippen molar-refractivity contribution in [2.45, 2.75) is 37.7 Å². The van der Waals surface area contributed by atoms with Crippen LogP contribution in [0.5, 0.6) is 0 Å². The van der Waals surface area contributed by atoms with Crippen LogP contribution >= 0.6 is 0 Å². The SMILES string of the molecule is O=CC1CCC2(CC1)CC(C(=O)O)=NO2. The predicted octanol–water partition coefficient (Wildman–Crippen LogP) is 0.975. The van der Waals surface area contributed by atoms with Crippen LogP contribution in [0.25, 0.3) is 0 Å². The van der Waals surface area contributed by atoms with Crippen LogP contribution in [0.1, 0.15) is 32.1 Å². The molecule has 0 aromatic carbocycles. The number of hydrogen-bond acceptors (Lipinski definition) is 4. The molecule has 82 valence electrons. The molecule has 0 atom stereocenters. The number of oxime groups is 1. The first-order valence-electron chi connectivity index (χ1n) is 5.09.